The smallest absolute Gasteiger partial charge is 0.126 e. The molecule has 3 N–H and O–H groups in total. The molecule has 1 atom stereocenters. The third kappa shape index (κ3) is 3.15. The lowest BCUT2D eigenvalue weighted by atomic mass is 10.0. The Bertz CT molecular complexity index is 336. The van der Waals surface area contributed by atoms with Crippen LogP contribution >= 0.6 is 0 Å². The van der Waals surface area contributed by atoms with Gasteiger partial charge in [-0.2, -0.15) is 0 Å². The van der Waals surface area contributed by atoms with Gasteiger partial charge in [-0.3, -0.25) is 11.3 Å². The number of halogens is 1. The maximum absolute atomic E-state index is 13.1. The average Bonchev–Trinajstić information content (AvgIpc) is 2.24. The van der Waals surface area contributed by atoms with Crippen LogP contribution in [0.5, 0.6) is 0 Å². The van der Waals surface area contributed by atoms with E-state index in [1.807, 2.05) is 12.1 Å². The molecule has 0 radical (unpaired) electrons. The van der Waals surface area contributed by atoms with Gasteiger partial charge in [0.2, 0.25) is 0 Å². The zero-order valence-corrected chi connectivity index (χ0v) is 8.96. The van der Waals surface area contributed by atoms with E-state index in [-0.39, 0.29) is 11.9 Å². The lowest BCUT2D eigenvalue weighted by Gasteiger charge is -2.16. The van der Waals surface area contributed by atoms with Crippen molar-refractivity contribution in [2.45, 2.75) is 25.8 Å². The van der Waals surface area contributed by atoms with E-state index >= 15 is 0 Å². The summed E-state index contributed by atoms with van der Waals surface area (Å²) in [5.41, 5.74) is 4.39. The Morgan fingerprint density at radius 1 is 1.60 bits per heavy atom. The lowest BCUT2D eigenvalue weighted by molar-refractivity contribution is 0.518. The molecule has 0 aliphatic rings. The molecule has 1 unspecified atom stereocenters. The first-order valence-corrected chi connectivity index (χ1v) is 5.02. The SMILES string of the molecule is C=CCCC(NN)c1ccc(F)c(C)c1. The Balaban J connectivity index is 2.82. The summed E-state index contributed by atoms with van der Waals surface area (Å²) in [5.74, 6) is 5.27. The van der Waals surface area contributed by atoms with Crippen LogP contribution in [0.25, 0.3) is 0 Å². The van der Waals surface area contributed by atoms with Gasteiger partial charge < -0.3 is 0 Å². The number of nitrogens with two attached hydrogens (primary N) is 1. The second-order valence-corrected chi connectivity index (χ2v) is 3.59. The molecule has 15 heavy (non-hydrogen) atoms. The van der Waals surface area contributed by atoms with E-state index in [4.69, 9.17) is 5.84 Å². The van der Waals surface area contributed by atoms with E-state index in [0.29, 0.717) is 5.56 Å². The standard InChI is InChI=1S/C12H17FN2/c1-3-4-5-12(15-14)10-6-7-11(13)9(2)8-10/h3,6-8,12,15H,1,4-5,14H2,2H3. The largest absolute Gasteiger partial charge is 0.271 e. The number of nitrogens with one attached hydrogen (secondary N) is 1. The topological polar surface area (TPSA) is 38.0 Å². The van der Waals surface area contributed by atoms with Crippen molar-refractivity contribution in [3.63, 3.8) is 0 Å². The first-order valence-electron chi connectivity index (χ1n) is 5.02. The molecule has 2 nitrogen and oxygen atoms in total. The molecular formula is C12H17FN2. The third-order valence-electron chi connectivity index (χ3n) is 2.45. The molecule has 1 aromatic carbocycles. The second kappa shape index (κ2) is 5.63. The van der Waals surface area contributed by atoms with Crippen LogP contribution in [0.4, 0.5) is 4.39 Å². The van der Waals surface area contributed by atoms with Crippen LogP contribution in [0.3, 0.4) is 0 Å². The van der Waals surface area contributed by atoms with E-state index in [1.54, 1.807) is 13.0 Å². The third-order valence-corrected chi connectivity index (χ3v) is 2.45. The number of allylic oxidation sites excluding steroid dienone is 1. The first kappa shape index (κ1) is 11.9. The Hall–Kier alpha value is -1.19. The first-order chi connectivity index (χ1) is 7.19. The van der Waals surface area contributed by atoms with Gasteiger partial charge in [-0.25, -0.2) is 4.39 Å². The van der Waals surface area contributed by atoms with Crippen LogP contribution in [-0.4, -0.2) is 0 Å². The van der Waals surface area contributed by atoms with Gasteiger partial charge in [0, 0.05) is 6.04 Å². The molecule has 0 aliphatic carbocycles. The van der Waals surface area contributed by atoms with Gasteiger partial charge >= 0.3 is 0 Å². The summed E-state index contributed by atoms with van der Waals surface area (Å²) in [6, 6.07) is 5.12. The molecule has 1 rings (SSSR count). The normalized spacial score (nSPS) is 12.5. The fourth-order valence-electron chi connectivity index (χ4n) is 1.52. The fraction of sp³-hybridized carbons (Fsp3) is 0.333. The summed E-state index contributed by atoms with van der Waals surface area (Å²) in [6.45, 7) is 5.41. The van der Waals surface area contributed by atoms with E-state index in [0.717, 1.165) is 18.4 Å². The molecule has 0 aromatic heterocycles. The van der Waals surface area contributed by atoms with Crippen LogP contribution in [0.2, 0.25) is 0 Å². The van der Waals surface area contributed by atoms with Crippen molar-refractivity contribution in [3.05, 3.63) is 47.8 Å². The zero-order valence-electron chi connectivity index (χ0n) is 8.96. The number of benzene rings is 1. The van der Waals surface area contributed by atoms with Crippen molar-refractivity contribution in [2.75, 3.05) is 0 Å². The quantitative estimate of drug-likeness (QED) is 0.443. The minimum atomic E-state index is -0.182. The van der Waals surface area contributed by atoms with E-state index in [9.17, 15) is 4.39 Å². The lowest BCUT2D eigenvalue weighted by Crippen LogP contribution is -2.27. The highest BCUT2D eigenvalue weighted by molar-refractivity contribution is 5.26. The molecule has 0 spiro atoms. The van der Waals surface area contributed by atoms with Gasteiger partial charge in [-0.1, -0.05) is 18.2 Å². The Labute approximate surface area is 90.0 Å². The summed E-state index contributed by atoms with van der Waals surface area (Å²) in [7, 11) is 0. The van der Waals surface area contributed by atoms with Crippen LogP contribution in [-0.2, 0) is 0 Å². The second-order valence-electron chi connectivity index (χ2n) is 3.59. The van der Waals surface area contributed by atoms with Crippen molar-refractivity contribution in [2.24, 2.45) is 5.84 Å². The van der Waals surface area contributed by atoms with Gasteiger partial charge in [-0.05, 0) is 37.0 Å². The Morgan fingerprint density at radius 3 is 2.87 bits per heavy atom. The molecule has 0 saturated heterocycles. The van der Waals surface area contributed by atoms with Gasteiger partial charge in [-0.15, -0.1) is 6.58 Å². The molecule has 0 fully saturated rings. The maximum Gasteiger partial charge on any atom is 0.126 e. The predicted molar refractivity (Wildman–Crippen MR) is 60.6 cm³/mol. The van der Waals surface area contributed by atoms with Crippen molar-refractivity contribution in [3.8, 4) is 0 Å². The Kier molecular flexibility index (Phi) is 4.46. The average molecular weight is 208 g/mol. The highest BCUT2D eigenvalue weighted by Crippen LogP contribution is 2.20. The van der Waals surface area contributed by atoms with Crippen LogP contribution in [0.15, 0.2) is 30.9 Å². The highest BCUT2D eigenvalue weighted by atomic mass is 19.1. The molecule has 0 amide bonds. The van der Waals surface area contributed by atoms with Gasteiger partial charge in [0.05, 0.1) is 0 Å². The van der Waals surface area contributed by atoms with Crippen LogP contribution in [0, 0.1) is 12.7 Å². The highest BCUT2D eigenvalue weighted by Gasteiger charge is 2.09. The monoisotopic (exact) mass is 208 g/mol. The summed E-state index contributed by atoms with van der Waals surface area (Å²) in [5, 5.41) is 0. The number of hydrogen-bond acceptors (Lipinski definition) is 2. The Morgan fingerprint density at radius 2 is 2.33 bits per heavy atom. The van der Waals surface area contributed by atoms with Crippen LogP contribution in [0.1, 0.15) is 30.0 Å². The van der Waals surface area contributed by atoms with E-state index in [2.05, 4.69) is 12.0 Å². The minimum absolute atomic E-state index is 0.0577. The molecule has 0 bridgehead atoms. The number of rotatable bonds is 5. The zero-order chi connectivity index (χ0) is 11.3. The predicted octanol–water partition coefficient (Wildman–Crippen LogP) is 2.60. The van der Waals surface area contributed by atoms with Crippen molar-refractivity contribution in [1.82, 2.24) is 5.43 Å². The van der Waals surface area contributed by atoms with Gasteiger partial charge in [0.15, 0.2) is 0 Å². The number of hydrogen-bond donors (Lipinski definition) is 2. The summed E-state index contributed by atoms with van der Waals surface area (Å²) < 4.78 is 13.1. The van der Waals surface area contributed by atoms with E-state index in [1.165, 1.54) is 6.07 Å². The molecule has 0 saturated carbocycles. The van der Waals surface area contributed by atoms with Crippen molar-refractivity contribution in [1.29, 1.82) is 0 Å². The maximum atomic E-state index is 13.1. The number of aryl methyl sites for hydroxylation is 1. The number of hydrazine groups is 1. The van der Waals surface area contributed by atoms with Crippen molar-refractivity contribution >= 4 is 0 Å². The minimum Gasteiger partial charge on any atom is -0.271 e. The molecule has 3 heteroatoms. The van der Waals surface area contributed by atoms with Crippen LogP contribution < -0.4 is 11.3 Å². The molecule has 1 aromatic rings. The molecule has 0 heterocycles. The molecule has 0 aliphatic heterocycles. The van der Waals surface area contributed by atoms with Gasteiger partial charge in [0.1, 0.15) is 5.82 Å². The molecule has 82 valence electrons. The fourth-order valence-corrected chi connectivity index (χ4v) is 1.52. The summed E-state index contributed by atoms with van der Waals surface area (Å²) in [4.78, 5) is 0. The van der Waals surface area contributed by atoms with Crippen molar-refractivity contribution < 1.29 is 4.39 Å². The molecular weight excluding hydrogens is 191 g/mol. The summed E-state index contributed by atoms with van der Waals surface area (Å²) >= 11 is 0. The van der Waals surface area contributed by atoms with Gasteiger partial charge in [0.25, 0.3) is 0 Å². The summed E-state index contributed by atoms with van der Waals surface area (Å²) in [6.07, 6.45) is 3.59. The van der Waals surface area contributed by atoms with E-state index < -0.39 is 0 Å².